The number of halogens is 1. The van der Waals surface area contributed by atoms with E-state index in [1.807, 2.05) is 0 Å². The first-order valence-corrected chi connectivity index (χ1v) is 9.47. The first-order valence-electron chi connectivity index (χ1n) is 8.11. The number of anilines is 2. The Bertz CT molecular complexity index is 945. The quantitative estimate of drug-likeness (QED) is 0.776. The Morgan fingerprint density at radius 3 is 2.74 bits per heavy atom. The van der Waals surface area contributed by atoms with Gasteiger partial charge in [-0.25, -0.2) is 0 Å². The lowest BCUT2D eigenvalue weighted by atomic mass is 10.1. The molecule has 0 unspecified atom stereocenters. The maximum absolute atomic E-state index is 12.2. The smallest absolute Gasteiger partial charge is 0.254 e. The number of hydrogen-bond donors (Lipinski definition) is 1. The van der Waals surface area contributed by atoms with E-state index in [1.54, 1.807) is 48.5 Å². The molecule has 1 heterocycles. The van der Waals surface area contributed by atoms with Crippen LogP contribution < -0.4 is 10.2 Å². The Morgan fingerprint density at radius 1 is 1.22 bits per heavy atom. The molecule has 8 heteroatoms. The molecule has 1 N–H and O–H groups in total. The third-order valence-corrected chi connectivity index (χ3v) is 5.06. The van der Waals surface area contributed by atoms with Crippen molar-refractivity contribution in [3.05, 3.63) is 59.1 Å². The predicted molar refractivity (Wildman–Crippen MR) is 109 cm³/mol. The molecule has 27 heavy (non-hydrogen) atoms. The van der Waals surface area contributed by atoms with Crippen LogP contribution in [0.25, 0.3) is 0 Å². The van der Waals surface area contributed by atoms with E-state index in [0.717, 1.165) is 11.8 Å². The number of ketones is 1. The lowest BCUT2D eigenvalue weighted by molar-refractivity contribution is -0.116. The number of hydrogen-bond acceptors (Lipinski definition) is 5. The Hall–Kier alpha value is -2.64. The second-order valence-electron chi connectivity index (χ2n) is 5.75. The number of benzene rings is 2. The zero-order valence-corrected chi connectivity index (χ0v) is 16.0. The molecule has 0 aromatic heterocycles. The molecule has 0 saturated heterocycles. The van der Waals surface area contributed by atoms with Gasteiger partial charge in [0.05, 0.1) is 16.5 Å². The number of amidine groups is 1. The molecule has 2 aromatic rings. The zero-order valence-electron chi connectivity index (χ0n) is 14.4. The molecule has 0 spiro atoms. The molecule has 6 nitrogen and oxygen atoms in total. The van der Waals surface area contributed by atoms with Crippen molar-refractivity contribution in [1.82, 2.24) is 0 Å². The summed E-state index contributed by atoms with van der Waals surface area (Å²) < 4.78 is 0. The number of nitrogens with one attached hydrogen (secondary N) is 1. The van der Waals surface area contributed by atoms with E-state index in [2.05, 4.69) is 10.3 Å². The summed E-state index contributed by atoms with van der Waals surface area (Å²) in [7, 11) is 0. The zero-order chi connectivity index (χ0) is 19.4. The van der Waals surface area contributed by atoms with Crippen LogP contribution in [0.3, 0.4) is 0 Å². The van der Waals surface area contributed by atoms with E-state index in [-0.39, 0.29) is 29.9 Å². The summed E-state index contributed by atoms with van der Waals surface area (Å²) in [5.74, 6) is -0.464. The number of para-hydroxylation sites is 1. The van der Waals surface area contributed by atoms with Crippen LogP contribution in [0.15, 0.2) is 53.5 Å². The van der Waals surface area contributed by atoms with Gasteiger partial charge in [-0.1, -0.05) is 47.6 Å². The summed E-state index contributed by atoms with van der Waals surface area (Å²) in [5.41, 5.74) is 1.61. The third-order valence-electron chi connectivity index (χ3n) is 3.77. The number of rotatable bonds is 5. The SMILES string of the molecule is CC(=O)c1cccc(NC(=O)CSC2=NCC(=O)N2c2ccccc2Cl)c1. The van der Waals surface area contributed by atoms with Gasteiger partial charge in [-0.3, -0.25) is 24.3 Å². The molecule has 138 valence electrons. The molecule has 2 amide bonds. The molecule has 3 rings (SSSR count). The van der Waals surface area contributed by atoms with E-state index in [1.165, 1.54) is 11.8 Å². The van der Waals surface area contributed by atoms with Gasteiger partial charge in [0.15, 0.2) is 11.0 Å². The monoisotopic (exact) mass is 401 g/mol. The molecule has 1 aliphatic rings. The molecule has 2 aromatic carbocycles. The highest BCUT2D eigenvalue weighted by Crippen LogP contribution is 2.30. The van der Waals surface area contributed by atoms with E-state index in [0.29, 0.717) is 27.1 Å². The van der Waals surface area contributed by atoms with Crippen molar-refractivity contribution in [2.24, 2.45) is 4.99 Å². The maximum atomic E-state index is 12.2. The Balaban J connectivity index is 1.64. The first-order chi connectivity index (χ1) is 13.0. The highest BCUT2D eigenvalue weighted by Gasteiger charge is 2.29. The summed E-state index contributed by atoms with van der Waals surface area (Å²) >= 11 is 7.34. The predicted octanol–water partition coefficient (Wildman–Crippen LogP) is 3.62. The summed E-state index contributed by atoms with van der Waals surface area (Å²) in [4.78, 5) is 41.5. The number of amides is 2. The molecule has 0 radical (unpaired) electrons. The number of carbonyl (C=O) groups excluding carboxylic acids is 3. The normalized spacial score (nSPS) is 13.5. The molecule has 0 aliphatic carbocycles. The van der Waals surface area contributed by atoms with Gasteiger partial charge in [-0.05, 0) is 31.2 Å². The lowest BCUT2D eigenvalue weighted by Gasteiger charge is -2.19. The summed E-state index contributed by atoms with van der Waals surface area (Å²) in [5, 5.41) is 3.61. The standard InChI is InChI=1S/C19H16ClN3O3S/c1-12(24)13-5-4-6-14(9-13)22-17(25)11-27-19-21-10-18(26)23(19)16-8-3-2-7-15(16)20/h2-9H,10-11H2,1H3,(H,22,25). The van der Waals surface area contributed by atoms with Gasteiger partial charge in [-0.15, -0.1) is 0 Å². The van der Waals surface area contributed by atoms with Crippen LogP contribution in [-0.2, 0) is 9.59 Å². The first kappa shape index (κ1) is 19.1. The van der Waals surface area contributed by atoms with Crippen LogP contribution in [0.1, 0.15) is 17.3 Å². The van der Waals surface area contributed by atoms with Crippen LogP contribution in [0.5, 0.6) is 0 Å². The molecule has 0 saturated carbocycles. The Morgan fingerprint density at radius 2 is 2.00 bits per heavy atom. The number of thioether (sulfide) groups is 1. The van der Waals surface area contributed by atoms with Gasteiger partial charge >= 0.3 is 0 Å². The van der Waals surface area contributed by atoms with Gasteiger partial charge in [0.2, 0.25) is 5.91 Å². The van der Waals surface area contributed by atoms with Gasteiger partial charge in [0, 0.05) is 11.3 Å². The van der Waals surface area contributed by atoms with Gasteiger partial charge in [0.25, 0.3) is 5.91 Å². The highest BCUT2D eigenvalue weighted by atomic mass is 35.5. The van der Waals surface area contributed by atoms with E-state index < -0.39 is 0 Å². The second-order valence-corrected chi connectivity index (χ2v) is 7.10. The maximum Gasteiger partial charge on any atom is 0.254 e. The lowest BCUT2D eigenvalue weighted by Crippen LogP contribution is -2.31. The Labute approximate surface area is 165 Å². The van der Waals surface area contributed by atoms with Crippen molar-refractivity contribution in [2.45, 2.75) is 6.92 Å². The fraction of sp³-hybridized carbons (Fsp3) is 0.158. The average Bonchev–Trinajstić information content (AvgIpc) is 3.01. The summed E-state index contributed by atoms with van der Waals surface area (Å²) in [6, 6.07) is 13.7. The highest BCUT2D eigenvalue weighted by molar-refractivity contribution is 8.14. The van der Waals surface area contributed by atoms with Crippen LogP contribution in [0, 0.1) is 0 Å². The molecule has 0 bridgehead atoms. The number of nitrogens with zero attached hydrogens (tertiary/aromatic N) is 2. The van der Waals surface area contributed by atoms with Crippen LogP contribution in [-0.4, -0.2) is 35.1 Å². The van der Waals surface area contributed by atoms with Crippen molar-refractivity contribution in [3.63, 3.8) is 0 Å². The van der Waals surface area contributed by atoms with Gasteiger partial charge < -0.3 is 5.32 Å². The number of Topliss-reactive ketones (excluding diaryl/α,β-unsaturated/α-hetero) is 1. The van der Waals surface area contributed by atoms with Crippen molar-refractivity contribution in [1.29, 1.82) is 0 Å². The van der Waals surface area contributed by atoms with E-state index in [9.17, 15) is 14.4 Å². The van der Waals surface area contributed by atoms with Crippen LogP contribution >= 0.6 is 23.4 Å². The second kappa shape index (κ2) is 8.37. The van der Waals surface area contributed by atoms with Crippen molar-refractivity contribution in [3.8, 4) is 0 Å². The van der Waals surface area contributed by atoms with Crippen molar-refractivity contribution < 1.29 is 14.4 Å². The fourth-order valence-electron chi connectivity index (χ4n) is 2.51. The van der Waals surface area contributed by atoms with Crippen LogP contribution in [0.2, 0.25) is 5.02 Å². The third kappa shape index (κ3) is 4.56. The molecular formula is C19H16ClN3O3S. The number of aliphatic imine (C=N–C) groups is 1. The molecule has 1 aliphatic heterocycles. The topological polar surface area (TPSA) is 78.8 Å². The van der Waals surface area contributed by atoms with Crippen molar-refractivity contribution in [2.75, 3.05) is 22.5 Å². The fourth-order valence-corrected chi connectivity index (χ4v) is 3.54. The van der Waals surface area contributed by atoms with Crippen molar-refractivity contribution >= 4 is 57.5 Å². The molecule has 0 atom stereocenters. The van der Waals surface area contributed by atoms with Gasteiger partial charge in [0.1, 0.15) is 6.54 Å². The van der Waals surface area contributed by atoms with E-state index in [4.69, 9.17) is 11.6 Å². The van der Waals surface area contributed by atoms with Crippen LogP contribution in [0.4, 0.5) is 11.4 Å². The minimum absolute atomic E-state index is 0.0236. The van der Waals surface area contributed by atoms with Gasteiger partial charge in [-0.2, -0.15) is 0 Å². The summed E-state index contributed by atoms with van der Waals surface area (Å²) in [6.07, 6.45) is 0. The largest absolute Gasteiger partial charge is 0.325 e. The minimum atomic E-state index is -0.262. The summed E-state index contributed by atoms with van der Waals surface area (Å²) in [6.45, 7) is 1.49. The molecular weight excluding hydrogens is 386 g/mol. The Kier molecular flexibility index (Phi) is 5.93. The average molecular weight is 402 g/mol. The molecule has 0 fully saturated rings. The number of carbonyl (C=O) groups is 3. The minimum Gasteiger partial charge on any atom is -0.325 e. The van der Waals surface area contributed by atoms with E-state index >= 15 is 0 Å².